The van der Waals surface area contributed by atoms with Crippen molar-refractivity contribution in [3.05, 3.63) is 11.8 Å². The highest BCUT2D eigenvalue weighted by Crippen LogP contribution is 2.38. The summed E-state index contributed by atoms with van der Waals surface area (Å²) in [4.78, 5) is 11.9. The van der Waals surface area contributed by atoms with Crippen LogP contribution in [0, 0.1) is 0 Å². The lowest BCUT2D eigenvalue weighted by atomic mass is 9.81. The van der Waals surface area contributed by atoms with Crippen LogP contribution in [0.2, 0.25) is 0 Å². The molecule has 0 heterocycles. The maximum absolute atomic E-state index is 14.4. The number of aliphatic hydroxyl groups excluding tert-OH is 1. The minimum absolute atomic E-state index is 0.189. The predicted octanol–water partition coefficient (Wildman–Crippen LogP) is 4.34. The molecule has 2 saturated carbocycles. The van der Waals surface area contributed by atoms with Crippen LogP contribution in [0.3, 0.4) is 0 Å². The van der Waals surface area contributed by atoms with Crippen molar-refractivity contribution in [2.45, 2.75) is 75.5 Å². The Morgan fingerprint density at radius 2 is 1.26 bits per heavy atom. The van der Waals surface area contributed by atoms with Crippen LogP contribution < -0.4 is 0 Å². The molecule has 108 valence electrons. The Morgan fingerprint density at radius 3 is 1.74 bits per heavy atom. The van der Waals surface area contributed by atoms with Crippen molar-refractivity contribution in [2.75, 3.05) is 0 Å². The maximum atomic E-state index is 14.4. The Labute approximate surface area is 112 Å². The summed E-state index contributed by atoms with van der Waals surface area (Å²) >= 11 is 0. The molecule has 0 radical (unpaired) electrons. The maximum Gasteiger partial charge on any atom is 0.196 e. The average Bonchev–Trinajstić information content (AvgIpc) is 2.40. The van der Waals surface area contributed by atoms with E-state index in [1.807, 2.05) is 0 Å². The predicted molar refractivity (Wildman–Crippen MR) is 69.6 cm³/mol. The van der Waals surface area contributed by atoms with E-state index in [9.17, 15) is 18.7 Å². The fourth-order valence-electron chi connectivity index (χ4n) is 3.11. The van der Waals surface area contributed by atoms with Gasteiger partial charge in [0.25, 0.3) is 0 Å². The third-order valence-electron chi connectivity index (χ3n) is 4.46. The fourth-order valence-corrected chi connectivity index (χ4v) is 3.11. The number of carbonyl (C=O) groups excluding carboxylic acids is 1. The number of halogens is 2. The van der Waals surface area contributed by atoms with Crippen LogP contribution >= 0.6 is 0 Å². The zero-order valence-corrected chi connectivity index (χ0v) is 11.3. The molecule has 2 aliphatic carbocycles. The lowest BCUT2D eigenvalue weighted by Gasteiger charge is -2.30. The first kappa shape index (κ1) is 14.5. The summed E-state index contributed by atoms with van der Waals surface area (Å²) in [6, 6.07) is 0. The summed E-state index contributed by atoms with van der Waals surface area (Å²) < 4.78 is 28.8. The molecule has 0 bridgehead atoms. The second-order valence-corrected chi connectivity index (χ2v) is 5.95. The highest BCUT2D eigenvalue weighted by atomic mass is 19.1. The third kappa shape index (κ3) is 3.15. The second kappa shape index (κ2) is 5.59. The second-order valence-electron chi connectivity index (χ2n) is 5.95. The van der Waals surface area contributed by atoms with Gasteiger partial charge in [0.15, 0.2) is 17.1 Å². The van der Waals surface area contributed by atoms with Gasteiger partial charge in [-0.15, -0.1) is 0 Å². The van der Waals surface area contributed by atoms with E-state index < -0.39 is 22.9 Å². The van der Waals surface area contributed by atoms with Gasteiger partial charge in [0.1, 0.15) is 5.76 Å². The van der Waals surface area contributed by atoms with E-state index in [0.29, 0.717) is 25.7 Å². The van der Waals surface area contributed by atoms with Gasteiger partial charge in [-0.05, 0) is 51.4 Å². The molecule has 2 nitrogen and oxygen atoms in total. The fraction of sp³-hybridized carbons (Fsp3) is 0.800. The minimum Gasteiger partial charge on any atom is -0.509 e. The first-order valence-corrected chi connectivity index (χ1v) is 7.30. The molecule has 2 fully saturated rings. The zero-order chi connectivity index (χ0) is 13.9. The lowest BCUT2D eigenvalue weighted by molar-refractivity contribution is -0.127. The van der Waals surface area contributed by atoms with Gasteiger partial charge in [-0.1, -0.05) is 12.8 Å². The lowest BCUT2D eigenvalue weighted by Crippen LogP contribution is -2.36. The molecule has 1 N–H and O–H groups in total. The molecular formula is C15H22F2O2. The smallest absolute Gasteiger partial charge is 0.196 e. The average molecular weight is 272 g/mol. The summed E-state index contributed by atoms with van der Waals surface area (Å²) in [6.07, 6.45) is 6.27. The normalized spacial score (nSPS) is 26.9. The number of hydrogen-bond acceptors (Lipinski definition) is 2. The molecule has 0 aromatic heterocycles. The van der Waals surface area contributed by atoms with E-state index >= 15 is 0 Å². The van der Waals surface area contributed by atoms with E-state index in [4.69, 9.17) is 0 Å². The van der Waals surface area contributed by atoms with Gasteiger partial charge in [-0.25, -0.2) is 8.78 Å². The minimum atomic E-state index is -1.89. The Kier molecular flexibility index (Phi) is 4.26. The SMILES string of the molecule is O=C(C=C(O)C1(F)CCCCC1)C1(F)CCCCC1. The van der Waals surface area contributed by atoms with Crippen LogP contribution in [0.1, 0.15) is 64.2 Å². The summed E-state index contributed by atoms with van der Waals surface area (Å²) in [5.74, 6) is -1.33. The first-order chi connectivity index (χ1) is 8.96. The molecule has 0 aromatic carbocycles. The summed E-state index contributed by atoms with van der Waals surface area (Å²) in [6.45, 7) is 0. The number of aliphatic hydroxyl groups is 1. The molecule has 0 atom stereocenters. The first-order valence-electron chi connectivity index (χ1n) is 7.30. The number of carbonyl (C=O) groups is 1. The van der Waals surface area contributed by atoms with Crippen molar-refractivity contribution >= 4 is 5.78 Å². The molecule has 0 saturated heterocycles. The molecule has 2 aliphatic rings. The van der Waals surface area contributed by atoms with E-state index in [-0.39, 0.29) is 25.7 Å². The number of hydrogen-bond donors (Lipinski definition) is 1. The summed E-state index contributed by atoms with van der Waals surface area (Å²) in [7, 11) is 0. The number of allylic oxidation sites excluding steroid dienone is 2. The van der Waals surface area contributed by atoms with Crippen LogP contribution in [0.15, 0.2) is 11.8 Å². The van der Waals surface area contributed by atoms with Crippen LogP contribution in [-0.2, 0) is 4.79 Å². The van der Waals surface area contributed by atoms with Gasteiger partial charge in [0.05, 0.1) is 0 Å². The van der Waals surface area contributed by atoms with E-state index in [1.165, 1.54) is 0 Å². The van der Waals surface area contributed by atoms with Crippen molar-refractivity contribution < 1.29 is 18.7 Å². The molecule has 0 unspecified atom stereocenters. The Balaban J connectivity index is 2.08. The van der Waals surface area contributed by atoms with Gasteiger partial charge in [-0.3, -0.25) is 4.79 Å². The van der Waals surface area contributed by atoms with Crippen LogP contribution in [0.25, 0.3) is 0 Å². The van der Waals surface area contributed by atoms with Gasteiger partial charge in [-0.2, -0.15) is 0 Å². The molecular weight excluding hydrogens is 250 g/mol. The molecule has 0 spiro atoms. The Bertz CT molecular complexity index is 364. The van der Waals surface area contributed by atoms with Crippen LogP contribution in [0.5, 0.6) is 0 Å². The monoisotopic (exact) mass is 272 g/mol. The van der Waals surface area contributed by atoms with E-state index in [0.717, 1.165) is 18.9 Å². The van der Waals surface area contributed by atoms with Crippen LogP contribution in [-0.4, -0.2) is 22.2 Å². The molecule has 2 rings (SSSR count). The van der Waals surface area contributed by atoms with Crippen molar-refractivity contribution in [1.29, 1.82) is 0 Å². The molecule has 0 aliphatic heterocycles. The molecule has 0 amide bonds. The standard InChI is InChI=1S/C15H22F2O2/c16-14(7-3-1-4-8-14)12(18)11-13(19)15(17)9-5-2-6-10-15/h11,18H,1-10H2. The number of ketones is 1. The largest absolute Gasteiger partial charge is 0.509 e. The van der Waals surface area contributed by atoms with Gasteiger partial charge in [0.2, 0.25) is 0 Å². The van der Waals surface area contributed by atoms with Gasteiger partial charge >= 0.3 is 0 Å². The van der Waals surface area contributed by atoms with Gasteiger partial charge in [0, 0.05) is 6.08 Å². The number of alkyl halides is 2. The van der Waals surface area contributed by atoms with E-state index in [1.54, 1.807) is 0 Å². The molecule has 4 heteroatoms. The third-order valence-corrected chi connectivity index (χ3v) is 4.46. The zero-order valence-electron chi connectivity index (χ0n) is 11.3. The van der Waals surface area contributed by atoms with Crippen molar-refractivity contribution in [2.24, 2.45) is 0 Å². The van der Waals surface area contributed by atoms with Crippen molar-refractivity contribution in [1.82, 2.24) is 0 Å². The van der Waals surface area contributed by atoms with Crippen LogP contribution in [0.4, 0.5) is 8.78 Å². The van der Waals surface area contributed by atoms with E-state index in [2.05, 4.69) is 0 Å². The van der Waals surface area contributed by atoms with Gasteiger partial charge < -0.3 is 5.11 Å². The highest BCUT2D eigenvalue weighted by molar-refractivity contribution is 5.97. The number of rotatable bonds is 3. The summed E-state index contributed by atoms with van der Waals surface area (Å²) in [5, 5.41) is 9.85. The van der Waals surface area contributed by atoms with Crippen molar-refractivity contribution in [3.63, 3.8) is 0 Å². The Morgan fingerprint density at radius 1 is 0.842 bits per heavy atom. The van der Waals surface area contributed by atoms with Crippen molar-refractivity contribution in [3.8, 4) is 0 Å². The summed E-state index contributed by atoms with van der Waals surface area (Å²) in [5.41, 5.74) is -3.71. The topological polar surface area (TPSA) is 37.3 Å². The molecule has 0 aromatic rings. The highest BCUT2D eigenvalue weighted by Gasteiger charge is 2.41. The quantitative estimate of drug-likeness (QED) is 0.613. The molecule has 19 heavy (non-hydrogen) atoms. The Hall–Kier alpha value is -0.930.